The standard InChI is InChI=1S/C18H25N3O2/c1-4-23-15-11-8-12-21-16(13(2)19-17(15)21)18(22)20(3)14-9-6-5-7-10-14/h8,11-12,14H,4-7,9-10H2,1-3H3. The van der Waals surface area contributed by atoms with E-state index in [-0.39, 0.29) is 5.91 Å². The van der Waals surface area contributed by atoms with Crippen LogP contribution >= 0.6 is 0 Å². The van der Waals surface area contributed by atoms with Crippen molar-refractivity contribution in [2.24, 2.45) is 0 Å². The lowest BCUT2D eigenvalue weighted by Gasteiger charge is -2.31. The second-order valence-electron chi connectivity index (χ2n) is 6.25. The fraction of sp³-hybridized carbons (Fsp3) is 0.556. The van der Waals surface area contributed by atoms with Crippen LogP contribution in [0, 0.1) is 6.92 Å². The largest absolute Gasteiger partial charge is 0.490 e. The van der Waals surface area contributed by atoms with Crippen LogP contribution in [-0.2, 0) is 0 Å². The van der Waals surface area contributed by atoms with Gasteiger partial charge in [-0.3, -0.25) is 9.20 Å². The Morgan fingerprint density at radius 3 is 2.83 bits per heavy atom. The molecule has 2 aromatic rings. The summed E-state index contributed by atoms with van der Waals surface area (Å²) in [6.07, 6.45) is 7.79. The fourth-order valence-electron chi connectivity index (χ4n) is 3.48. The monoisotopic (exact) mass is 315 g/mol. The number of aryl methyl sites for hydroxylation is 1. The van der Waals surface area contributed by atoms with Crippen LogP contribution in [0.25, 0.3) is 5.65 Å². The molecule has 0 saturated heterocycles. The Balaban J connectivity index is 1.96. The van der Waals surface area contributed by atoms with E-state index in [1.54, 1.807) is 0 Å². The van der Waals surface area contributed by atoms with Crippen LogP contribution in [0.4, 0.5) is 0 Å². The summed E-state index contributed by atoms with van der Waals surface area (Å²) in [6.45, 7) is 4.42. The summed E-state index contributed by atoms with van der Waals surface area (Å²) in [7, 11) is 1.92. The molecule has 0 radical (unpaired) electrons. The van der Waals surface area contributed by atoms with Crippen molar-refractivity contribution in [2.45, 2.75) is 52.0 Å². The molecular formula is C18H25N3O2. The summed E-state index contributed by atoms with van der Waals surface area (Å²) < 4.78 is 7.50. The van der Waals surface area contributed by atoms with E-state index >= 15 is 0 Å². The molecule has 2 heterocycles. The Bertz CT molecular complexity index is 702. The molecule has 5 nitrogen and oxygen atoms in total. The lowest BCUT2D eigenvalue weighted by molar-refractivity contribution is 0.0688. The molecule has 0 bridgehead atoms. The van der Waals surface area contributed by atoms with E-state index in [9.17, 15) is 4.79 Å². The van der Waals surface area contributed by atoms with E-state index in [1.807, 2.05) is 48.5 Å². The Morgan fingerprint density at radius 2 is 2.13 bits per heavy atom. The quantitative estimate of drug-likeness (QED) is 0.868. The summed E-state index contributed by atoms with van der Waals surface area (Å²) in [5.41, 5.74) is 2.12. The van der Waals surface area contributed by atoms with Crippen molar-refractivity contribution in [1.29, 1.82) is 0 Å². The first-order valence-electron chi connectivity index (χ1n) is 8.51. The van der Waals surface area contributed by atoms with Gasteiger partial charge in [0.1, 0.15) is 5.69 Å². The minimum absolute atomic E-state index is 0.0514. The zero-order valence-corrected chi connectivity index (χ0v) is 14.2. The van der Waals surface area contributed by atoms with Gasteiger partial charge in [-0.25, -0.2) is 4.98 Å². The van der Waals surface area contributed by atoms with Crippen molar-refractivity contribution in [2.75, 3.05) is 13.7 Å². The van der Waals surface area contributed by atoms with Crippen LogP contribution in [-0.4, -0.2) is 39.9 Å². The average Bonchev–Trinajstić information content (AvgIpc) is 2.91. The topological polar surface area (TPSA) is 46.8 Å². The second kappa shape index (κ2) is 6.60. The van der Waals surface area contributed by atoms with Gasteiger partial charge in [-0.15, -0.1) is 0 Å². The zero-order valence-electron chi connectivity index (χ0n) is 14.2. The summed E-state index contributed by atoms with van der Waals surface area (Å²) >= 11 is 0. The van der Waals surface area contributed by atoms with Crippen molar-refractivity contribution in [3.63, 3.8) is 0 Å². The summed E-state index contributed by atoms with van der Waals surface area (Å²) in [6, 6.07) is 4.14. The number of carbonyl (C=O) groups is 1. The average molecular weight is 315 g/mol. The summed E-state index contributed by atoms with van der Waals surface area (Å²) in [5.74, 6) is 0.771. The Hall–Kier alpha value is -2.04. The first-order valence-corrected chi connectivity index (χ1v) is 8.51. The molecule has 5 heteroatoms. The molecule has 0 unspecified atom stereocenters. The molecule has 0 aliphatic heterocycles. The second-order valence-corrected chi connectivity index (χ2v) is 6.25. The van der Waals surface area contributed by atoms with Crippen molar-refractivity contribution >= 4 is 11.6 Å². The van der Waals surface area contributed by atoms with E-state index in [0.29, 0.717) is 24.0 Å². The van der Waals surface area contributed by atoms with Crippen molar-refractivity contribution < 1.29 is 9.53 Å². The highest BCUT2D eigenvalue weighted by Crippen LogP contribution is 2.26. The van der Waals surface area contributed by atoms with Gasteiger partial charge in [0.15, 0.2) is 11.4 Å². The molecular weight excluding hydrogens is 290 g/mol. The maximum Gasteiger partial charge on any atom is 0.272 e. The molecule has 2 aromatic heterocycles. The molecule has 0 atom stereocenters. The highest BCUT2D eigenvalue weighted by molar-refractivity contribution is 5.95. The molecule has 1 fully saturated rings. The number of imidazole rings is 1. The summed E-state index contributed by atoms with van der Waals surface area (Å²) in [4.78, 5) is 19.5. The molecule has 0 aromatic carbocycles. The van der Waals surface area contributed by atoms with Crippen molar-refractivity contribution in [3.8, 4) is 5.75 Å². The number of ether oxygens (including phenoxy) is 1. The molecule has 1 amide bonds. The molecule has 1 aliphatic carbocycles. The van der Waals surface area contributed by atoms with Crippen LogP contribution in [0.3, 0.4) is 0 Å². The molecule has 23 heavy (non-hydrogen) atoms. The molecule has 1 saturated carbocycles. The fourth-order valence-corrected chi connectivity index (χ4v) is 3.48. The highest BCUT2D eigenvalue weighted by Gasteiger charge is 2.27. The van der Waals surface area contributed by atoms with Crippen LogP contribution in [0.5, 0.6) is 5.75 Å². The van der Waals surface area contributed by atoms with E-state index in [1.165, 1.54) is 19.3 Å². The van der Waals surface area contributed by atoms with E-state index in [4.69, 9.17) is 4.74 Å². The number of aromatic nitrogens is 2. The van der Waals surface area contributed by atoms with Crippen molar-refractivity contribution in [1.82, 2.24) is 14.3 Å². The van der Waals surface area contributed by atoms with Gasteiger partial charge >= 0.3 is 0 Å². The molecule has 3 rings (SSSR count). The zero-order chi connectivity index (χ0) is 16.4. The van der Waals surface area contributed by atoms with E-state index in [2.05, 4.69) is 4.98 Å². The lowest BCUT2D eigenvalue weighted by atomic mass is 9.94. The predicted octanol–water partition coefficient (Wildman–Crippen LogP) is 3.45. The van der Waals surface area contributed by atoms with E-state index < -0.39 is 0 Å². The number of hydrogen-bond donors (Lipinski definition) is 0. The van der Waals surface area contributed by atoms with Gasteiger partial charge < -0.3 is 9.64 Å². The third-order valence-corrected chi connectivity index (χ3v) is 4.73. The molecule has 0 spiro atoms. The maximum absolute atomic E-state index is 13.0. The number of carbonyl (C=O) groups excluding carboxylic acids is 1. The minimum Gasteiger partial charge on any atom is -0.490 e. The molecule has 1 aliphatic rings. The van der Waals surface area contributed by atoms with E-state index in [0.717, 1.165) is 24.3 Å². The number of hydrogen-bond acceptors (Lipinski definition) is 3. The first kappa shape index (κ1) is 15.8. The number of nitrogens with zero attached hydrogens (tertiary/aromatic N) is 3. The third kappa shape index (κ3) is 2.92. The smallest absolute Gasteiger partial charge is 0.272 e. The van der Waals surface area contributed by atoms with Gasteiger partial charge in [0, 0.05) is 19.3 Å². The highest BCUT2D eigenvalue weighted by atomic mass is 16.5. The van der Waals surface area contributed by atoms with Gasteiger partial charge in [-0.2, -0.15) is 0 Å². The van der Waals surface area contributed by atoms with Crippen LogP contribution < -0.4 is 4.74 Å². The predicted molar refractivity (Wildman–Crippen MR) is 90.1 cm³/mol. The first-order chi connectivity index (χ1) is 11.1. The summed E-state index contributed by atoms with van der Waals surface area (Å²) in [5, 5.41) is 0. The minimum atomic E-state index is 0.0514. The number of fused-ring (bicyclic) bond motifs is 1. The number of rotatable bonds is 4. The van der Waals surface area contributed by atoms with Gasteiger partial charge in [-0.05, 0) is 38.8 Å². The molecule has 0 N–H and O–H groups in total. The Morgan fingerprint density at radius 1 is 1.39 bits per heavy atom. The Kier molecular flexibility index (Phi) is 4.55. The third-order valence-electron chi connectivity index (χ3n) is 4.73. The Labute approximate surface area is 137 Å². The number of amides is 1. The normalized spacial score (nSPS) is 15.8. The van der Waals surface area contributed by atoms with Gasteiger partial charge in [0.25, 0.3) is 5.91 Å². The molecule has 124 valence electrons. The van der Waals surface area contributed by atoms with Gasteiger partial charge in [-0.1, -0.05) is 19.3 Å². The SMILES string of the molecule is CCOc1cccn2c(C(=O)N(C)C3CCCCC3)c(C)nc12. The van der Waals surface area contributed by atoms with Crippen LogP contribution in [0.15, 0.2) is 18.3 Å². The lowest BCUT2D eigenvalue weighted by Crippen LogP contribution is -2.39. The van der Waals surface area contributed by atoms with Crippen LogP contribution in [0.1, 0.15) is 55.2 Å². The van der Waals surface area contributed by atoms with Gasteiger partial charge in [0.2, 0.25) is 0 Å². The van der Waals surface area contributed by atoms with Crippen molar-refractivity contribution in [3.05, 3.63) is 29.7 Å². The van der Waals surface area contributed by atoms with Crippen LogP contribution in [0.2, 0.25) is 0 Å². The maximum atomic E-state index is 13.0. The number of pyridine rings is 1. The van der Waals surface area contributed by atoms with Gasteiger partial charge in [0.05, 0.1) is 12.3 Å².